The Hall–Kier alpha value is -0.820. The molecule has 1 heterocycles. The number of sulfonamides is 1. The molecule has 13 heavy (non-hydrogen) atoms. The number of nitrogens with two attached hydrogens (primary N) is 1. The number of rotatable bonds is 2. The van der Waals surface area contributed by atoms with Gasteiger partial charge in [-0.15, -0.1) is 0 Å². The van der Waals surface area contributed by atoms with Gasteiger partial charge in [0.15, 0.2) is 0 Å². The number of amides is 2. The SMILES string of the molecule is CNS(=O)(=O)C1CCN(C(N)=O)C1. The van der Waals surface area contributed by atoms with Crippen LogP contribution in [0.1, 0.15) is 6.42 Å². The molecule has 0 bridgehead atoms. The van der Waals surface area contributed by atoms with Crippen LogP contribution in [0.2, 0.25) is 0 Å². The first-order valence-corrected chi connectivity index (χ1v) is 5.48. The molecule has 1 fully saturated rings. The highest BCUT2D eigenvalue weighted by molar-refractivity contribution is 7.90. The molecule has 3 N–H and O–H groups in total. The highest BCUT2D eigenvalue weighted by Crippen LogP contribution is 2.15. The number of carbonyl (C=O) groups is 1. The average Bonchev–Trinajstić information content (AvgIpc) is 2.52. The van der Waals surface area contributed by atoms with E-state index in [1.807, 2.05) is 0 Å². The summed E-state index contributed by atoms with van der Waals surface area (Å²) in [5.41, 5.74) is 5.02. The molecule has 76 valence electrons. The Morgan fingerprint density at radius 2 is 2.23 bits per heavy atom. The predicted octanol–water partition coefficient (Wildman–Crippen LogP) is -1.31. The Morgan fingerprint density at radius 3 is 2.62 bits per heavy atom. The minimum atomic E-state index is -3.26. The number of hydrogen-bond acceptors (Lipinski definition) is 3. The summed E-state index contributed by atoms with van der Waals surface area (Å²) in [5.74, 6) is 0. The highest BCUT2D eigenvalue weighted by atomic mass is 32.2. The van der Waals surface area contributed by atoms with Crippen molar-refractivity contribution in [1.82, 2.24) is 9.62 Å². The molecule has 0 saturated carbocycles. The topological polar surface area (TPSA) is 92.5 Å². The van der Waals surface area contributed by atoms with Crippen LogP contribution in [0.4, 0.5) is 4.79 Å². The zero-order valence-electron chi connectivity index (χ0n) is 7.36. The van der Waals surface area contributed by atoms with E-state index in [0.717, 1.165) is 0 Å². The summed E-state index contributed by atoms with van der Waals surface area (Å²) in [6.45, 7) is 0.611. The zero-order chi connectivity index (χ0) is 10.1. The summed E-state index contributed by atoms with van der Waals surface area (Å²) in [7, 11) is -1.90. The van der Waals surface area contributed by atoms with Crippen molar-refractivity contribution in [3.05, 3.63) is 0 Å². The fourth-order valence-electron chi connectivity index (χ4n) is 1.35. The van der Waals surface area contributed by atoms with Crippen molar-refractivity contribution >= 4 is 16.1 Å². The molecule has 1 saturated heterocycles. The second-order valence-electron chi connectivity index (χ2n) is 2.94. The Labute approximate surface area is 77.1 Å². The molecular weight excluding hydrogens is 194 g/mol. The van der Waals surface area contributed by atoms with Crippen molar-refractivity contribution in [3.8, 4) is 0 Å². The molecule has 0 aliphatic carbocycles. The lowest BCUT2D eigenvalue weighted by Crippen LogP contribution is -2.38. The number of primary amides is 1. The van der Waals surface area contributed by atoms with E-state index in [2.05, 4.69) is 4.72 Å². The summed E-state index contributed by atoms with van der Waals surface area (Å²) in [5, 5.41) is -0.523. The van der Waals surface area contributed by atoms with Crippen LogP contribution >= 0.6 is 0 Å². The van der Waals surface area contributed by atoms with Crippen molar-refractivity contribution in [2.45, 2.75) is 11.7 Å². The van der Waals surface area contributed by atoms with Gasteiger partial charge in [-0.1, -0.05) is 0 Å². The summed E-state index contributed by atoms with van der Waals surface area (Å²) >= 11 is 0. The molecule has 0 radical (unpaired) electrons. The van der Waals surface area contributed by atoms with Crippen LogP contribution in [0, 0.1) is 0 Å². The molecule has 1 aliphatic heterocycles. The van der Waals surface area contributed by atoms with E-state index < -0.39 is 21.3 Å². The average molecular weight is 207 g/mol. The largest absolute Gasteiger partial charge is 0.351 e. The molecular formula is C6H13N3O3S. The van der Waals surface area contributed by atoms with Crippen LogP contribution in [-0.4, -0.2) is 44.7 Å². The Balaban J connectivity index is 2.65. The second-order valence-corrected chi connectivity index (χ2v) is 5.11. The van der Waals surface area contributed by atoms with E-state index >= 15 is 0 Å². The fraction of sp³-hybridized carbons (Fsp3) is 0.833. The summed E-state index contributed by atoms with van der Waals surface area (Å²) in [6.07, 6.45) is 0.451. The van der Waals surface area contributed by atoms with Gasteiger partial charge in [0.2, 0.25) is 10.0 Å². The molecule has 2 amide bonds. The van der Waals surface area contributed by atoms with Crippen molar-refractivity contribution in [1.29, 1.82) is 0 Å². The van der Waals surface area contributed by atoms with Crippen LogP contribution in [0.3, 0.4) is 0 Å². The lowest BCUT2D eigenvalue weighted by atomic mass is 10.4. The standard InChI is InChI=1S/C6H13N3O3S/c1-8-13(11,12)5-2-3-9(4-5)6(7)10/h5,8H,2-4H2,1H3,(H2,7,10). The Morgan fingerprint density at radius 1 is 1.62 bits per heavy atom. The third-order valence-corrected chi connectivity index (χ3v) is 4.01. The van der Waals surface area contributed by atoms with Gasteiger partial charge in [0.1, 0.15) is 0 Å². The van der Waals surface area contributed by atoms with E-state index in [1.54, 1.807) is 0 Å². The van der Waals surface area contributed by atoms with Crippen molar-refractivity contribution in [2.24, 2.45) is 5.73 Å². The fourth-order valence-corrected chi connectivity index (χ4v) is 2.47. The van der Waals surface area contributed by atoms with Crippen molar-refractivity contribution in [2.75, 3.05) is 20.1 Å². The lowest BCUT2D eigenvalue weighted by molar-refractivity contribution is 0.218. The monoisotopic (exact) mass is 207 g/mol. The Kier molecular flexibility index (Phi) is 2.77. The van der Waals surface area contributed by atoms with Crippen molar-refractivity contribution in [3.63, 3.8) is 0 Å². The van der Waals surface area contributed by atoms with Gasteiger partial charge in [-0.3, -0.25) is 0 Å². The van der Waals surface area contributed by atoms with Gasteiger partial charge in [0.05, 0.1) is 5.25 Å². The molecule has 1 atom stereocenters. The minimum absolute atomic E-state index is 0.193. The van der Waals surface area contributed by atoms with Crippen LogP contribution in [-0.2, 0) is 10.0 Å². The van der Waals surface area contributed by atoms with Crippen molar-refractivity contribution < 1.29 is 13.2 Å². The van der Waals surface area contributed by atoms with Gasteiger partial charge in [0, 0.05) is 13.1 Å². The van der Waals surface area contributed by atoms with E-state index in [4.69, 9.17) is 5.73 Å². The number of carbonyl (C=O) groups excluding carboxylic acids is 1. The molecule has 0 spiro atoms. The summed E-state index contributed by atoms with van der Waals surface area (Å²) < 4.78 is 24.8. The van der Waals surface area contributed by atoms with Gasteiger partial charge in [-0.05, 0) is 13.5 Å². The minimum Gasteiger partial charge on any atom is -0.351 e. The smallest absolute Gasteiger partial charge is 0.314 e. The molecule has 1 rings (SSSR count). The van der Waals surface area contributed by atoms with E-state index in [1.165, 1.54) is 11.9 Å². The first-order chi connectivity index (χ1) is 5.97. The Bertz CT molecular complexity index is 300. The van der Waals surface area contributed by atoms with Crippen LogP contribution < -0.4 is 10.5 Å². The molecule has 0 aromatic carbocycles. The van der Waals surface area contributed by atoms with Gasteiger partial charge in [0.25, 0.3) is 0 Å². The van der Waals surface area contributed by atoms with Gasteiger partial charge >= 0.3 is 6.03 Å². The van der Waals surface area contributed by atoms with Gasteiger partial charge < -0.3 is 10.6 Å². The maximum atomic E-state index is 11.3. The zero-order valence-corrected chi connectivity index (χ0v) is 8.17. The van der Waals surface area contributed by atoms with Crippen LogP contribution in [0.25, 0.3) is 0 Å². The van der Waals surface area contributed by atoms with E-state index in [-0.39, 0.29) is 6.54 Å². The van der Waals surface area contributed by atoms with Crippen LogP contribution in [0.5, 0.6) is 0 Å². The molecule has 7 heteroatoms. The number of hydrogen-bond donors (Lipinski definition) is 2. The second kappa shape index (κ2) is 3.51. The maximum Gasteiger partial charge on any atom is 0.314 e. The number of likely N-dealkylation sites (tertiary alicyclic amines) is 1. The normalized spacial score (nSPS) is 23.5. The number of nitrogens with one attached hydrogen (secondary N) is 1. The van der Waals surface area contributed by atoms with E-state index in [0.29, 0.717) is 13.0 Å². The predicted molar refractivity (Wildman–Crippen MR) is 47.5 cm³/mol. The summed E-state index contributed by atoms with van der Waals surface area (Å²) in [4.78, 5) is 12.0. The van der Waals surface area contributed by atoms with Crippen LogP contribution in [0.15, 0.2) is 0 Å². The molecule has 0 aromatic heterocycles. The van der Waals surface area contributed by atoms with Gasteiger partial charge in [-0.25, -0.2) is 17.9 Å². The maximum absolute atomic E-state index is 11.3. The lowest BCUT2D eigenvalue weighted by Gasteiger charge is -2.12. The first kappa shape index (κ1) is 10.3. The summed E-state index contributed by atoms with van der Waals surface area (Å²) in [6, 6.07) is -0.561. The number of nitrogens with zero attached hydrogens (tertiary/aromatic N) is 1. The molecule has 1 aliphatic rings. The van der Waals surface area contributed by atoms with E-state index in [9.17, 15) is 13.2 Å². The quantitative estimate of drug-likeness (QED) is 0.588. The third kappa shape index (κ3) is 2.10. The highest BCUT2D eigenvalue weighted by Gasteiger charge is 2.33. The molecule has 6 nitrogen and oxygen atoms in total. The molecule has 0 aromatic rings. The molecule has 1 unspecified atom stereocenters. The first-order valence-electron chi connectivity index (χ1n) is 3.94. The third-order valence-electron chi connectivity index (χ3n) is 2.18. The van der Waals surface area contributed by atoms with Gasteiger partial charge in [-0.2, -0.15) is 0 Å². The number of urea groups is 1.